The van der Waals surface area contributed by atoms with Gasteiger partial charge in [-0.3, -0.25) is 14.4 Å². The molecule has 3 N–H and O–H groups in total. The Morgan fingerprint density at radius 1 is 0.982 bits per heavy atom. The molecule has 1 saturated heterocycles. The van der Waals surface area contributed by atoms with Crippen molar-refractivity contribution in [2.75, 3.05) is 20.2 Å². The molecule has 16 heteroatoms. The number of nitrogens with one attached hydrogen (secondary N) is 3. The molecular formula is C40H51N5O10S. The van der Waals surface area contributed by atoms with Crippen molar-refractivity contribution in [3.63, 3.8) is 0 Å². The minimum absolute atomic E-state index is 0.0880. The predicted molar refractivity (Wildman–Crippen MR) is 204 cm³/mol. The number of alkyl carbamates (subject to hydrolysis) is 1. The maximum absolute atomic E-state index is 14.4. The molecular weight excluding hydrogens is 743 g/mol. The van der Waals surface area contributed by atoms with Crippen LogP contribution >= 0.6 is 0 Å². The lowest BCUT2D eigenvalue weighted by Gasteiger charge is -2.30. The van der Waals surface area contributed by atoms with Gasteiger partial charge >= 0.3 is 12.2 Å². The van der Waals surface area contributed by atoms with Crippen LogP contribution in [0.3, 0.4) is 0 Å². The van der Waals surface area contributed by atoms with E-state index < -0.39 is 75.2 Å². The Labute approximate surface area is 327 Å². The van der Waals surface area contributed by atoms with Crippen LogP contribution in [-0.2, 0) is 46.8 Å². The van der Waals surface area contributed by atoms with Crippen molar-refractivity contribution in [3.05, 3.63) is 71.8 Å². The normalized spacial score (nSPS) is 25.6. The first-order valence-corrected chi connectivity index (χ1v) is 20.6. The van der Waals surface area contributed by atoms with Gasteiger partial charge in [0.15, 0.2) is 0 Å². The molecule has 2 aromatic rings. The maximum Gasteiger partial charge on any atom is 0.410 e. The molecule has 5 unspecified atom stereocenters. The monoisotopic (exact) mass is 793 g/mol. The Morgan fingerprint density at radius 3 is 2.43 bits per heavy atom. The number of hydrogen-bond donors (Lipinski definition) is 3. The molecule has 6 rings (SSSR count). The van der Waals surface area contributed by atoms with Crippen LogP contribution < -0.4 is 20.1 Å². The molecule has 5 amide bonds. The molecule has 2 aromatic carbocycles. The zero-order valence-corrected chi connectivity index (χ0v) is 33.1. The predicted octanol–water partition coefficient (Wildman–Crippen LogP) is 3.95. The molecule has 1 saturated carbocycles. The fraction of sp³-hybridized carbons (Fsp3) is 0.525. The number of ether oxygens (including phenoxy) is 3. The Hall–Kier alpha value is -5.12. The van der Waals surface area contributed by atoms with E-state index >= 15 is 0 Å². The quantitative estimate of drug-likeness (QED) is 0.361. The van der Waals surface area contributed by atoms with E-state index in [2.05, 4.69) is 15.4 Å². The zero-order valence-electron chi connectivity index (χ0n) is 32.2. The molecule has 0 bridgehead atoms. The third-order valence-corrected chi connectivity index (χ3v) is 11.9. The molecule has 4 aliphatic rings. The van der Waals surface area contributed by atoms with Crippen LogP contribution in [0.2, 0.25) is 0 Å². The van der Waals surface area contributed by atoms with E-state index in [1.807, 2.05) is 36.4 Å². The van der Waals surface area contributed by atoms with Gasteiger partial charge < -0.3 is 34.6 Å². The van der Waals surface area contributed by atoms with Crippen LogP contribution in [0, 0.1) is 5.92 Å². The summed E-state index contributed by atoms with van der Waals surface area (Å²) in [7, 11) is -2.90. The van der Waals surface area contributed by atoms with Gasteiger partial charge in [-0.2, -0.15) is 0 Å². The van der Waals surface area contributed by atoms with Crippen molar-refractivity contribution in [1.82, 2.24) is 25.2 Å². The van der Waals surface area contributed by atoms with Crippen molar-refractivity contribution in [3.8, 4) is 5.75 Å². The van der Waals surface area contributed by atoms with Crippen molar-refractivity contribution >= 4 is 39.9 Å². The van der Waals surface area contributed by atoms with Gasteiger partial charge in [0, 0.05) is 25.4 Å². The van der Waals surface area contributed by atoms with Gasteiger partial charge in [0.1, 0.15) is 35.1 Å². The van der Waals surface area contributed by atoms with E-state index in [0.29, 0.717) is 38.1 Å². The number of amides is 5. The minimum Gasteiger partial charge on any atom is -0.497 e. The van der Waals surface area contributed by atoms with Crippen molar-refractivity contribution in [2.24, 2.45) is 5.92 Å². The van der Waals surface area contributed by atoms with E-state index in [1.165, 1.54) is 36.3 Å². The fourth-order valence-corrected chi connectivity index (χ4v) is 8.55. The second-order valence-electron chi connectivity index (χ2n) is 15.8. The second-order valence-corrected chi connectivity index (χ2v) is 17.5. The van der Waals surface area contributed by atoms with E-state index in [-0.39, 0.29) is 30.7 Å². The van der Waals surface area contributed by atoms with Gasteiger partial charge in [-0.15, -0.1) is 0 Å². The highest BCUT2D eigenvalue weighted by atomic mass is 32.2. The Bertz CT molecular complexity index is 1960. The summed E-state index contributed by atoms with van der Waals surface area (Å²) in [6.45, 7) is 5.76. The lowest BCUT2D eigenvalue weighted by molar-refractivity contribution is -0.141. The Kier molecular flexibility index (Phi) is 12.0. The summed E-state index contributed by atoms with van der Waals surface area (Å²) >= 11 is 0. The van der Waals surface area contributed by atoms with Crippen LogP contribution in [0.5, 0.6) is 5.75 Å². The van der Waals surface area contributed by atoms with Crippen LogP contribution in [-0.4, -0.2) is 97.7 Å². The first kappa shape index (κ1) is 40.5. The summed E-state index contributed by atoms with van der Waals surface area (Å²) < 4.78 is 45.4. The lowest BCUT2D eigenvalue weighted by Crippen LogP contribution is -2.58. The molecule has 302 valence electrons. The van der Waals surface area contributed by atoms with Gasteiger partial charge in [-0.1, -0.05) is 49.3 Å². The van der Waals surface area contributed by atoms with Crippen molar-refractivity contribution < 1.29 is 46.6 Å². The van der Waals surface area contributed by atoms with Crippen molar-refractivity contribution in [1.29, 1.82) is 0 Å². The average Bonchev–Trinajstić information content (AvgIpc) is 3.69. The van der Waals surface area contributed by atoms with E-state index in [0.717, 1.165) is 24.0 Å². The number of hydrogen-bond acceptors (Lipinski definition) is 10. The smallest absolute Gasteiger partial charge is 0.410 e. The summed E-state index contributed by atoms with van der Waals surface area (Å²) in [5, 5.41) is 5.51. The van der Waals surface area contributed by atoms with E-state index in [9.17, 15) is 32.4 Å². The van der Waals surface area contributed by atoms with Crippen LogP contribution in [0.1, 0.15) is 76.8 Å². The van der Waals surface area contributed by atoms with Crippen molar-refractivity contribution in [2.45, 2.75) is 113 Å². The number of carbonyl (C=O) groups excluding carboxylic acids is 5. The lowest BCUT2D eigenvalue weighted by atomic mass is 10.0. The zero-order chi connectivity index (χ0) is 40.3. The summed E-state index contributed by atoms with van der Waals surface area (Å²) in [5.74, 6) is -2.30. The van der Waals surface area contributed by atoms with Gasteiger partial charge in [-0.05, 0) is 88.3 Å². The number of allylic oxidation sites excluding steroid dienone is 1. The highest BCUT2D eigenvalue weighted by Gasteiger charge is 2.61. The number of fused-ring (bicyclic) bond motifs is 3. The molecule has 56 heavy (non-hydrogen) atoms. The van der Waals surface area contributed by atoms with Crippen LogP contribution in [0.25, 0.3) is 0 Å². The number of benzene rings is 2. The highest BCUT2D eigenvalue weighted by Crippen LogP contribution is 2.46. The molecule has 5 atom stereocenters. The van der Waals surface area contributed by atoms with Gasteiger partial charge in [0.25, 0.3) is 15.9 Å². The minimum atomic E-state index is -4.35. The average molecular weight is 794 g/mol. The fourth-order valence-electron chi connectivity index (χ4n) is 7.51. The second kappa shape index (κ2) is 16.5. The number of sulfonamides is 1. The van der Waals surface area contributed by atoms with Gasteiger partial charge in [0.2, 0.25) is 11.8 Å². The van der Waals surface area contributed by atoms with E-state index in [4.69, 9.17) is 14.2 Å². The molecule has 3 heterocycles. The summed E-state index contributed by atoms with van der Waals surface area (Å²) in [5.41, 5.74) is -0.310. The molecule has 0 radical (unpaired) electrons. The standard InChI is InChI=1S/C40H51N5O10S/c1-39(2,3)55-37(49)41-32-15-9-7-5-6-8-14-28-23-40(28,36(48)43-56(51,52)31-18-16-29(53-4)17-19-31)42-34(46)33-22-30(25-45(33)35(32)47)54-38(50)44-21-20-26-12-10-11-13-27(26)24-44/h8,10-14,16-19,28,30,32-33H,5-7,9,15,20-25H2,1-4H3,(H,41,49)(H,42,46)(H,43,48). The molecule has 2 fully saturated rings. The largest absolute Gasteiger partial charge is 0.497 e. The summed E-state index contributed by atoms with van der Waals surface area (Å²) in [4.78, 5) is 71.9. The van der Waals surface area contributed by atoms with Crippen LogP contribution in [0.4, 0.5) is 9.59 Å². The first-order valence-electron chi connectivity index (χ1n) is 19.1. The number of nitrogens with zero attached hydrogens (tertiary/aromatic N) is 2. The third kappa shape index (κ3) is 9.45. The van der Waals surface area contributed by atoms with Gasteiger partial charge in [0.05, 0.1) is 18.6 Å². The van der Waals surface area contributed by atoms with E-state index in [1.54, 1.807) is 25.7 Å². The molecule has 3 aliphatic heterocycles. The Morgan fingerprint density at radius 2 is 1.71 bits per heavy atom. The summed E-state index contributed by atoms with van der Waals surface area (Å²) in [6.07, 6.45) is 5.10. The number of rotatable bonds is 6. The molecule has 1 aliphatic carbocycles. The maximum atomic E-state index is 14.4. The molecule has 0 aromatic heterocycles. The summed E-state index contributed by atoms with van der Waals surface area (Å²) in [6, 6.07) is 11.1. The highest BCUT2D eigenvalue weighted by molar-refractivity contribution is 7.90. The topological polar surface area (TPSA) is 190 Å². The molecule has 0 spiro atoms. The molecule has 15 nitrogen and oxygen atoms in total. The third-order valence-electron chi connectivity index (χ3n) is 10.6. The van der Waals surface area contributed by atoms with Crippen LogP contribution in [0.15, 0.2) is 65.6 Å². The Balaban J connectivity index is 1.26. The number of carbonyl (C=O) groups is 5. The van der Waals surface area contributed by atoms with Gasteiger partial charge in [-0.25, -0.2) is 22.7 Å². The number of methoxy groups -OCH3 is 1. The first-order chi connectivity index (χ1) is 26.6. The SMILES string of the molecule is COc1ccc(S(=O)(=O)NC(=O)C23CC2C=CCCCCCC(NC(=O)OC(C)(C)C)C(=O)N2CC(OC(=O)N4CCc5ccccc5C4)CC2C(=O)N3)cc1.